The standard InChI is InChI=1S/C20H33N3O/c1-4-17(5-2)20(24)21-16-19(18-10-8-7-9-11-18)23-14-12-22(6-3)13-15-23/h7-11,17,19H,4-6,12-16H2,1-3H3,(H,21,24). The number of benzene rings is 1. The molecule has 1 heterocycles. The minimum atomic E-state index is 0.137. The van der Waals surface area contributed by atoms with Crippen molar-refractivity contribution in [2.75, 3.05) is 39.3 Å². The fourth-order valence-corrected chi connectivity index (χ4v) is 3.53. The molecule has 1 fully saturated rings. The number of nitrogens with one attached hydrogen (secondary N) is 1. The molecule has 1 amide bonds. The molecule has 4 nitrogen and oxygen atoms in total. The van der Waals surface area contributed by atoms with Crippen LogP contribution in [0.4, 0.5) is 0 Å². The molecule has 0 spiro atoms. The smallest absolute Gasteiger partial charge is 0.223 e. The summed E-state index contributed by atoms with van der Waals surface area (Å²) in [6, 6.07) is 10.9. The van der Waals surface area contributed by atoms with E-state index in [1.807, 2.05) is 0 Å². The highest BCUT2D eigenvalue weighted by Gasteiger charge is 2.25. The monoisotopic (exact) mass is 331 g/mol. The van der Waals surface area contributed by atoms with E-state index in [4.69, 9.17) is 0 Å². The Morgan fingerprint density at radius 3 is 2.21 bits per heavy atom. The largest absolute Gasteiger partial charge is 0.354 e. The first-order valence-corrected chi connectivity index (χ1v) is 9.48. The number of nitrogens with zero attached hydrogens (tertiary/aromatic N) is 2. The number of rotatable bonds is 8. The second kappa shape index (κ2) is 9.80. The minimum Gasteiger partial charge on any atom is -0.354 e. The molecule has 0 aromatic heterocycles. The molecule has 1 aromatic carbocycles. The predicted octanol–water partition coefficient (Wildman–Crippen LogP) is 2.92. The van der Waals surface area contributed by atoms with Crippen molar-refractivity contribution in [3.05, 3.63) is 35.9 Å². The molecule has 1 aliphatic rings. The Morgan fingerprint density at radius 2 is 1.67 bits per heavy atom. The molecule has 1 aromatic rings. The van der Waals surface area contributed by atoms with Crippen LogP contribution < -0.4 is 5.32 Å². The highest BCUT2D eigenvalue weighted by molar-refractivity contribution is 5.78. The molecule has 4 heteroatoms. The second-order valence-corrected chi connectivity index (χ2v) is 6.66. The van der Waals surface area contributed by atoms with Crippen molar-refractivity contribution in [3.63, 3.8) is 0 Å². The molecule has 1 N–H and O–H groups in total. The van der Waals surface area contributed by atoms with Crippen molar-refractivity contribution in [1.82, 2.24) is 15.1 Å². The molecule has 2 rings (SSSR count). The summed E-state index contributed by atoms with van der Waals surface area (Å²) in [5.74, 6) is 0.339. The van der Waals surface area contributed by atoms with E-state index in [9.17, 15) is 4.79 Å². The summed E-state index contributed by atoms with van der Waals surface area (Å²) >= 11 is 0. The summed E-state index contributed by atoms with van der Waals surface area (Å²) < 4.78 is 0. The molecule has 0 bridgehead atoms. The maximum Gasteiger partial charge on any atom is 0.223 e. The van der Waals surface area contributed by atoms with Gasteiger partial charge in [-0.25, -0.2) is 0 Å². The Hall–Kier alpha value is -1.39. The van der Waals surface area contributed by atoms with Gasteiger partial charge in [-0.05, 0) is 24.9 Å². The first-order valence-electron chi connectivity index (χ1n) is 9.48. The summed E-state index contributed by atoms with van der Waals surface area (Å²) in [7, 11) is 0. The van der Waals surface area contributed by atoms with Crippen LogP contribution in [0.3, 0.4) is 0 Å². The van der Waals surface area contributed by atoms with E-state index in [0.29, 0.717) is 6.54 Å². The molecule has 0 aliphatic carbocycles. The molecule has 24 heavy (non-hydrogen) atoms. The van der Waals surface area contributed by atoms with Crippen molar-refractivity contribution < 1.29 is 4.79 Å². The molecule has 0 saturated carbocycles. The fourth-order valence-electron chi connectivity index (χ4n) is 3.53. The molecule has 1 aliphatic heterocycles. The number of hydrogen-bond donors (Lipinski definition) is 1. The Morgan fingerprint density at radius 1 is 1.04 bits per heavy atom. The molecule has 1 unspecified atom stereocenters. The SMILES string of the molecule is CCC(CC)C(=O)NCC(c1ccccc1)N1CCN(CC)CC1. The van der Waals surface area contributed by atoms with Crippen LogP contribution in [0, 0.1) is 5.92 Å². The third-order valence-corrected chi connectivity index (χ3v) is 5.31. The third kappa shape index (κ3) is 5.05. The van der Waals surface area contributed by atoms with Crippen molar-refractivity contribution in [2.24, 2.45) is 5.92 Å². The summed E-state index contributed by atoms with van der Waals surface area (Å²) in [4.78, 5) is 17.4. The zero-order valence-corrected chi connectivity index (χ0v) is 15.5. The molecule has 1 atom stereocenters. The van der Waals surface area contributed by atoms with Gasteiger partial charge in [-0.2, -0.15) is 0 Å². The van der Waals surface area contributed by atoms with Crippen molar-refractivity contribution in [3.8, 4) is 0 Å². The van der Waals surface area contributed by atoms with Gasteiger partial charge < -0.3 is 10.2 Å². The van der Waals surface area contributed by atoms with Crippen LogP contribution in [0.5, 0.6) is 0 Å². The van der Waals surface area contributed by atoms with Crippen LogP contribution in [0.15, 0.2) is 30.3 Å². The molecule has 134 valence electrons. The van der Waals surface area contributed by atoms with Crippen molar-refractivity contribution in [2.45, 2.75) is 39.7 Å². The van der Waals surface area contributed by atoms with Crippen LogP contribution in [0.25, 0.3) is 0 Å². The zero-order valence-electron chi connectivity index (χ0n) is 15.5. The Labute approximate surface area is 147 Å². The lowest BCUT2D eigenvalue weighted by molar-refractivity contribution is -0.125. The van der Waals surface area contributed by atoms with Gasteiger partial charge in [0.1, 0.15) is 0 Å². The Kier molecular flexibility index (Phi) is 7.73. The van der Waals surface area contributed by atoms with E-state index in [1.54, 1.807) is 0 Å². The predicted molar refractivity (Wildman–Crippen MR) is 100.0 cm³/mol. The van der Waals surface area contributed by atoms with Gasteiger partial charge in [-0.3, -0.25) is 9.69 Å². The number of hydrogen-bond acceptors (Lipinski definition) is 3. The van der Waals surface area contributed by atoms with Gasteiger partial charge >= 0.3 is 0 Å². The van der Waals surface area contributed by atoms with Crippen LogP contribution in [-0.2, 0) is 4.79 Å². The van der Waals surface area contributed by atoms with E-state index in [-0.39, 0.29) is 17.9 Å². The van der Waals surface area contributed by atoms with E-state index in [2.05, 4.69) is 66.2 Å². The van der Waals surface area contributed by atoms with Crippen molar-refractivity contribution >= 4 is 5.91 Å². The van der Waals surface area contributed by atoms with Gasteiger partial charge in [0.25, 0.3) is 0 Å². The van der Waals surface area contributed by atoms with E-state index in [1.165, 1.54) is 5.56 Å². The van der Waals surface area contributed by atoms with E-state index < -0.39 is 0 Å². The molecular formula is C20H33N3O. The van der Waals surface area contributed by atoms with Crippen molar-refractivity contribution in [1.29, 1.82) is 0 Å². The maximum atomic E-state index is 12.4. The van der Waals surface area contributed by atoms with Gasteiger partial charge in [-0.15, -0.1) is 0 Å². The number of amides is 1. The Balaban J connectivity index is 2.03. The maximum absolute atomic E-state index is 12.4. The number of carbonyl (C=O) groups is 1. The van der Waals surface area contributed by atoms with Gasteiger partial charge in [-0.1, -0.05) is 51.1 Å². The van der Waals surface area contributed by atoms with Gasteiger partial charge in [0, 0.05) is 38.6 Å². The van der Waals surface area contributed by atoms with Gasteiger partial charge in [0.05, 0.1) is 6.04 Å². The number of piperazine rings is 1. The summed E-state index contributed by atoms with van der Waals surface area (Å²) in [5.41, 5.74) is 1.30. The summed E-state index contributed by atoms with van der Waals surface area (Å²) in [5, 5.41) is 3.21. The Bertz CT molecular complexity index is 479. The number of carbonyl (C=O) groups excluding carboxylic acids is 1. The quantitative estimate of drug-likeness (QED) is 0.795. The molecule has 0 radical (unpaired) electrons. The first-order chi connectivity index (χ1) is 11.7. The summed E-state index contributed by atoms with van der Waals surface area (Å²) in [6.45, 7) is 12.6. The average molecular weight is 332 g/mol. The lowest BCUT2D eigenvalue weighted by Gasteiger charge is -2.39. The highest BCUT2D eigenvalue weighted by Crippen LogP contribution is 2.22. The van der Waals surface area contributed by atoms with Crippen LogP contribution >= 0.6 is 0 Å². The topological polar surface area (TPSA) is 35.6 Å². The highest BCUT2D eigenvalue weighted by atomic mass is 16.1. The van der Waals surface area contributed by atoms with Crippen LogP contribution in [-0.4, -0.2) is 55.0 Å². The van der Waals surface area contributed by atoms with Gasteiger partial charge in [0.2, 0.25) is 5.91 Å². The third-order valence-electron chi connectivity index (χ3n) is 5.31. The van der Waals surface area contributed by atoms with Crippen LogP contribution in [0.2, 0.25) is 0 Å². The van der Waals surface area contributed by atoms with E-state index >= 15 is 0 Å². The second-order valence-electron chi connectivity index (χ2n) is 6.66. The minimum absolute atomic E-state index is 0.137. The van der Waals surface area contributed by atoms with Gasteiger partial charge in [0.15, 0.2) is 0 Å². The zero-order chi connectivity index (χ0) is 17.4. The summed E-state index contributed by atoms with van der Waals surface area (Å²) in [6.07, 6.45) is 1.82. The lowest BCUT2D eigenvalue weighted by atomic mass is 10.0. The molecular weight excluding hydrogens is 298 g/mol. The lowest BCUT2D eigenvalue weighted by Crippen LogP contribution is -2.49. The first kappa shape index (κ1) is 18.9. The van der Waals surface area contributed by atoms with E-state index in [0.717, 1.165) is 45.6 Å². The normalized spacial score (nSPS) is 17.8. The molecule has 1 saturated heterocycles. The average Bonchev–Trinajstić information content (AvgIpc) is 2.64. The number of likely N-dealkylation sites (N-methyl/N-ethyl adjacent to an activating group) is 1. The fraction of sp³-hybridized carbons (Fsp3) is 0.650. The van der Waals surface area contributed by atoms with Crippen LogP contribution in [0.1, 0.15) is 45.2 Å².